The summed E-state index contributed by atoms with van der Waals surface area (Å²) < 4.78 is 5.36. The highest BCUT2D eigenvalue weighted by Gasteiger charge is 2.32. The molecular weight excluding hydrogens is 314 g/mol. The van der Waals surface area contributed by atoms with Gasteiger partial charge in [0.1, 0.15) is 11.6 Å². The molecule has 2 heterocycles. The van der Waals surface area contributed by atoms with Crippen LogP contribution in [0.25, 0.3) is 11.0 Å². The summed E-state index contributed by atoms with van der Waals surface area (Å²) >= 11 is 0. The summed E-state index contributed by atoms with van der Waals surface area (Å²) in [5, 5.41) is 0. The van der Waals surface area contributed by atoms with Gasteiger partial charge in [-0.2, -0.15) is 0 Å². The molecule has 5 nitrogen and oxygen atoms in total. The summed E-state index contributed by atoms with van der Waals surface area (Å²) in [6.07, 6.45) is 1.91. The maximum Gasteiger partial charge on any atom is 0.254 e. The molecule has 0 aliphatic carbocycles. The minimum Gasteiger partial charge on any atom is -0.496 e. The van der Waals surface area contributed by atoms with Crippen LogP contribution >= 0.6 is 0 Å². The van der Waals surface area contributed by atoms with E-state index in [2.05, 4.69) is 4.98 Å². The zero-order valence-electron chi connectivity index (χ0n) is 14.5. The van der Waals surface area contributed by atoms with Gasteiger partial charge in [0.05, 0.1) is 24.2 Å². The Labute approximate surface area is 146 Å². The van der Waals surface area contributed by atoms with E-state index in [9.17, 15) is 4.79 Å². The highest BCUT2D eigenvalue weighted by molar-refractivity contribution is 5.95. The molecule has 0 saturated carbocycles. The molecule has 1 aliphatic heterocycles. The van der Waals surface area contributed by atoms with E-state index in [-0.39, 0.29) is 11.9 Å². The quantitative estimate of drug-likeness (QED) is 0.791. The maximum absolute atomic E-state index is 13.1. The number of benzene rings is 2. The number of imidazole rings is 1. The number of methoxy groups -OCH3 is 1. The Balaban J connectivity index is 1.65. The monoisotopic (exact) mass is 335 g/mol. The SMILES string of the molecule is COc1cc(C(=O)N2CCCC2c2nc3ccccc3[nH]2)ccc1C. The number of nitrogens with zero attached hydrogens (tertiary/aromatic N) is 2. The Morgan fingerprint density at radius 2 is 2.12 bits per heavy atom. The van der Waals surface area contributed by atoms with Crippen molar-refractivity contribution in [2.45, 2.75) is 25.8 Å². The van der Waals surface area contributed by atoms with E-state index in [0.29, 0.717) is 5.56 Å². The third-order valence-corrected chi connectivity index (χ3v) is 4.89. The second kappa shape index (κ2) is 6.24. The molecule has 1 fully saturated rings. The lowest BCUT2D eigenvalue weighted by atomic mass is 10.1. The van der Waals surface area contributed by atoms with Gasteiger partial charge in [0.15, 0.2) is 0 Å². The number of aromatic nitrogens is 2. The average molecular weight is 335 g/mol. The van der Waals surface area contributed by atoms with Gasteiger partial charge >= 0.3 is 0 Å². The van der Waals surface area contributed by atoms with Crippen LogP contribution in [0.5, 0.6) is 5.75 Å². The van der Waals surface area contributed by atoms with Crippen LogP contribution in [0, 0.1) is 6.92 Å². The zero-order valence-corrected chi connectivity index (χ0v) is 14.5. The highest BCUT2D eigenvalue weighted by Crippen LogP contribution is 2.33. The van der Waals surface area contributed by atoms with Gasteiger partial charge in [-0.25, -0.2) is 4.98 Å². The van der Waals surface area contributed by atoms with E-state index in [1.165, 1.54) is 0 Å². The molecule has 1 aliphatic rings. The van der Waals surface area contributed by atoms with Crippen LogP contribution in [0.3, 0.4) is 0 Å². The minimum absolute atomic E-state index is 0.00722. The predicted octanol–water partition coefficient (Wildman–Crippen LogP) is 3.86. The van der Waals surface area contributed by atoms with Crippen LogP contribution < -0.4 is 4.74 Å². The van der Waals surface area contributed by atoms with Crippen molar-refractivity contribution in [2.75, 3.05) is 13.7 Å². The first-order chi connectivity index (χ1) is 12.2. The second-order valence-electron chi connectivity index (χ2n) is 6.48. The summed E-state index contributed by atoms with van der Waals surface area (Å²) in [7, 11) is 1.63. The van der Waals surface area contributed by atoms with Gasteiger partial charge in [0.2, 0.25) is 0 Å². The number of aromatic amines is 1. The minimum atomic E-state index is -0.00722. The fourth-order valence-corrected chi connectivity index (χ4v) is 3.54. The van der Waals surface area contributed by atoms with Gasteiger partial charge in [-0.05, 0) is 49.6 Å². The smallest absolute Gasteiger partial charge is 0.254 e. The summed E-state index contributed by atoms with van der Waals surface area (Å²) in [5.74, 6) is 1.64. The number of H-pyrrole nitrogens is 1. The number of amides is 1. The molecule has 0 radical (unpaired) electrons. The molecule has 1 amide bonds. The van der Waals surface area contributed by atoms with E-state index in [0.717, 1.165) is 47.6 Å². The Morgan fingerprint density at radius 3 is 2.92 bits per heavy atom. The van der Waals surface area contributed by atoms with Gasteiger partial charge in [0.25, 0.3) is 5.91 Å². The van der Waals surface area contributed by atoms with Crippen molar-refractivity contribution in [3.05, 3.63) is 59.4 Å². The molecule has 128 valence electrons. The lowest BCUT2D eigenvalue weighted by Gasteiger charge is -2.23. The third kappa shape index (κ3) is 2.76. The van der Waals surface area contributed by atoms with Crippen LogP contribution in [0.15, 0.2) is 42.5 Å². The highest BCUT2D eigenvalue weighted by atomic mass is 16.5. The van der Waals surface area contributed by atoms with Crippen molar-refractivity contribution in [2.24, 2.45) is 0 Å². The number of nitrogens with one attached hydrogen (secondary N) is 1. The molecule has 2 aromatic carbocycles. The molecule has 1 aromatic heterocycles. The van der Waals surface area contributed by atoms with Crippen LogP contribution in [0.2, 0.25) is 0 Å². The van der Waals surface area contributed by atoms with Crippen molar-refractivity contribution >= 4 is 16.9 Å². The lowest BCUT2D eigenvalue weighted by Crippen LogP contribution is -2.31. The van der Waals surface area contributed by atoms with Crippen LogP contribution in [-0.2, 0) is 0 Å². The summed E-state index contributed by atoms with van der Waals surface area (Å²) in [5.41, 5.74) is 3.63. The van der Waals surface area contributed by atoms with Crippen LogP contribution in [-0.4, -0.2) is 34.4 Å². The molecule has 1 atom stereocenters. The van der Waals surface area contributed by atoms with E-state index in [4.69, 9.17) is 9.72 Å². The first-order valence-electron chi connectivity index (χ1n) is 8.57. The van der Waals surface area contributed by atoms with Crippen LogP contribution in [0.4, 0.5) is 0 Å². The number of rotatable bonds is 3. The molecule has 3 aromatic rings. The van der Waals surface area contributed by atoms with Gasteiger partial charge in [-0.1, -0.05) is 18.2 Å². The van der Waals surface area contributed by atoms with Crippen LogP contribution in [0.1, 0.15) is 40.6 Å². The number of hydrogen-bond acceptors (Lipinski definition) is 3. The number of hydrogen-bond donors (Lipinski definition) is 1. The fraction of sp³-hybridized carbons (Fsp3) is 0.300. The molecule has 4 rings (SSSR count). The number of aryl methyl sites for hydroxylation is 1. The predicted molar refractivity (Wildman–Crippen MR) is 96.8 cm³/mol. The Hall–Kier alpha value is -2.82. The lowest BCUT2D eigenvalue weighted by molar-refractivity contribution is 0.0730. The van der Waals surface area contributed by atoms with Gasteiger partial charge in [-0.3, -0.25) is 4.79 Å². The van der Waals surface area contributed by atoms with E-state index >= 15 is 0 Å². The maximum atomic E-state index is 13.1. The summed E-state index contributed by atoms with van der Waals surface area (Å²) in [6.45, 7) is 2.72. The van der Waals surface area contributed by atoms with Gasteiger partial charge < -0.3 is 14.6 Å². The number of carbonyl (C=O) groups is 1. The number of carbonyl (C=O) groups excluding carboxylic acids is 1. The topological polar surface area (TPSA) is 58.2 Å². The average Bonchev–Trinajstić information content (AvgIpc) is 3.27. The Bertz CT molecular complexity index is 899. The van der Waals surface area contributed by atoms with E-state index in [1.807, 2.05) is 54.3 Å². The molecule has 1 saturated heterocycles. The Morgan fingerprint density at radius 1 is 1.28 bits per heavy atom. The fourth-order valence-electron chi connectivity index (χ4n) is 3.54. The summed E-state index contributed by atoms with van der Waals surface area (Å²) in [6, 6.07) is 13.6. The standard InChI is InChI=1S/C20H21N3O2/c1-13-9-10-14(12-18(13)25-2)20(24)23-11-5-8-17(23)19-21-15-6-3-4-7-16(15)22-19/h3-4,6-7,9-10,12,17H,5,8,11H2,1-2H3,(H,21,22). The van der Waals surface area contributed by atoms with E-state index < -0.39 is 0 Å². The van der Waals surface area contributed by atoms with Crippen molar-refractivity contribution in [1.29, 1.82) is 0 Å². The molecule has 5 heteroatoms. The summed E-state index contributed by atoms with van der Waals surface area (Å²) in [4.78, 5) is 23.0. The van der Waals surface area contributed by atoms with E-state index in [1.54, 1.807) is 7.11 Å². The molecule has 1 N–H and O–H groups in total. The number of fused-ring (bicyclic) bond motifs is 1. The normalized spacial score (nSPS) is 17.2. The van der Waals surface area contributed by atoms with Crippen molar-refractivity contribution in [1.82, 2.24) is 14.9 Å². The first kappa shape index (κ1) is 15.7. The number of para-hydroxylation sites is 2. The first-order valence-corrected chi connectivity index (χ1v) is 8.57. The molecule has 0 spiro atoms. The van der Waals surface area contributed by atoms with Crippen molar-refractivity contribution in [3.8, 4) is 5.75 Å². The molecular formula is C20H21N3O2. The second-order valence-corrected chi connectivity index (χ2v) is 6.48. The third-order valence-electron chi connectivity index (χ3n) is 4.89. The Kier molecular flexibility index (Phi) is 3.92. The molecule has 0 bridgehead atoms. The molecule has 1 unspecified atom stereocenters. The number of likely N-dealkylation sites (tertiary alicyclic amines) is 1. The van der Waals surface area contributed by atoms with Crippen molar-refractivity contribution < 1.29 is 9.53 Å². The van der Waals surface area contributed by atoms with Gasteiger partial charge in [0, 0.05) is 12.1 Å². The largest absolute Gasteiger partial charge is 0.496 e. The van der Waals surface area contributed by atoms with Gasteiger partial charge in [-0.15, -0.1) is 0 Å². The number of ether oxygens (including phenoxy) is 1. The van der Waals surface area contributed by atoms with Crippen molar-refractivity contribution in [3.63, 3.8) is 0 Å². The molecule has 25 heavy (non-hydrogen) atoms. The zero-order chi connectivity index (χ0) is 17.4.